The van der Waals surface area contributed by atoms with E-state index >= 15 is 0 Å². The van der Waals surface area contributed by atoms with Gasteiger partial charge in [0.25, 0.3) is 0 Å². The zero-order valence-electron chi connectivity index (χ0n) is 22.0. The molecule has 0 atom stereocenters. The van der Waals surface area contributed by atoms with Crippen LogP contribution in [0.1, 0.15) is 5.56 Å². The lowest BCUT2D eigenvalue weighted by Crippen LogP contribution is -2.03. The van der Waals surface area contributed by atoms with Crippen LogP contribution in [0.15, 0.2) is 109 Å². The van der Waals surface area contributed by atoms with Crippen molar-refractivity contribution < 1.29 is 0 Å². The van der Waals surface area contributed by atoms with E-state index in [1.807, 2.05) is 72.8 Å². The van der Waals surface area contributed by atoms with E-state index < -0.39 is 0 Å². The van der Waals surface area contributed by atoms with Gasteiger partial charge < -0.3 is 0 Å². The number of rotatable bonds is 2. The van der Waals surface area contributed by atoms with E-state index in [0.717, 1.165) is 83.8 Å². The Kier molecular flexibility index (Phi) is 4.41. The molecule has 7 heteroatoms. The molecule has 0 amide bonds. The first kappa shape index (κ1) is 22.2. The van der Waals surface area contributed by atoms with E-state index in [-0.39, 0.29) is 0 Å². The van der Waals surface area contributed by atoms with Gasteiger partial charge in [-0.2, -0.15) is 0 Å². The van der Waals surface area contributed by atoms with Gasteiger partial charge in [-0.1, -0.05) is 48.5 Å². The fourth-order valence-electron chi connectivity index (χ4n) is 5.93. The Morgan fingerprint density at radius 1 is 0.439 bits per heavy atom. The number of hydrogen-bond donors (Lipinski definition) is 0. The molecule has 0 spiro atoms. The van der Waals surface area contributed by atoms with Crippen molar-refractivity contribution in [1.29, 1.82) is 0 Å². The number of benzene rings is 4. The highest BCUT2D eigenvalue weighted by Crippen LogP contribution is 2.32. The maximum Gasteiger partial charge on any atom is 0.165 e. The molecule has 0 N–H and O–H groups in total. The molecule has 0 aliphatic carbocycles. The second-order valence-electron chi connectivity index (χ2n) is 10.3. The zero-order chi connectivity index (χ0) is 27.1. The first-order chi connectivity index (χ1) is 20.2. The SMILES string of the molecule is Cc1cc(-c2nc3ccccc3c3nc4ccccc4n23)nc(-c2nc3ccccc3c3nc4ccccc4n23)c1. The van der Waals surface area contributed by atoms with E-state index in [1.54, 1.807) is 0 Å². The van der Waals surface area contributed by atoms with Crippen LogP contribution in [-0.4, -0.2) is 33.7 Å². The van der Waals surface area contributed by atoms with Crippen LogP contribution in [0.5, 0.6) is 0 Å². The van der Waals surface area contributed by atoms with Crippen molar-refractivity contribution in [2.24, 2.45) is 0 Å². The molecule has 0 fully saturated rings. The smallest absolute Gasteiger partial charge is 0.165 e. The summed E-state index contributed by atoms with van der Waals surface area (Å²) in [4.78, 5) is 25.5. The summed E-state index contributed by atoms with van der Waals surface area (Å²) >= 11 is 0. The molecule has 5 aromatic heterocycles. The number of pyridine rings is 1. The third-order valence-corrected chi connectivity index (χ3v) is 7.72. The first-order valence-electron chi connectivity index (χ1n) is 13.5. The van der Waals surface area contributed by atoms with Crippen molar-refractivity contribution in [3.63, 3.8) is 0 Å². The van der Waals surface area contributed by atoms with Crippen LogP contribution in [0.25, 0.3) is 78.2 Å². The summed E-state index contributed by atoms with van der Waals surface area (Å²) in [6, 6.07) is 36.8. The number of imidazole rings is 2. The number of fused-ring (bicyclic) bond motifs is 10. The van der Waals surface area contributed by atoms with Crippen LogP contribution in [0, 0.1) is 6.92 Å². The van der Waals surface area contributed by atoms with Gasteiger partial charge in [0.2, 0.25) is 0 Å². The van der Waals surface area contributed by atoms with Gasteiger partial charge >= 0.3 is 0 Å². The number of aromatic nitrogens is 7. The summed E-state index contributed by atoms with van der Waals surface area (Å²) in [6.07, 6.45) is 0. The van der Waals surface area contributed by atoms with Gasteiger partial charge in [-0.3, -0.25) is 8.80 Å². The van der Waals surface area contributed by atoms with Crippen molar-refractivity contribution in [2.45, 2.75) is 6.92 Å². The van der Waals surface area contributed by atoms with Crippen LogP contribution in [0.4, 0.5) is 0 Å². The number of nitrogens with zero attached hydrogens (tertiary/aromatic N) is 7. The summed E-state index contributed by atoms with van der Waals surface area (Å²) in [6.45, 7) is 2.09. The van der Waals surface area contributed by atoms with Gasteiger partial charge in [-0.25, -0.2) is 24.9 Å². The molecular weight excluding hydrogens is 506 g/mol. The number of para-hydroxylation sites is 6. The highest BCUT2D eigenvalue weighted by Gasteiger charge is 2.20. The third kappa shape index (κ3) is 3.17. The van der Waals surface area contributed by atoms with Crippen molar-refractivity contribution in [2.75, 3.05) is 0 Å². The predicted octanol–water partition coefficient (Wildman–Crippen LogP) is 7.42. The lowest BCUT2D eigenvalue weighted by Gasteiger charge is -2.12. The van der Waals surface area contributed by atoms with Crippen LogP contribution in [-0.2, 0) is 0 Å². The summed E-state index contributed by atoms with van der Waals surface area (Å²) < 4.78 is 4.25. The molecule has 0 saturated heterocycles. The molecule has 192 valence electrons. The molecule has 0 radical (unpaired) electrons. The summed E-state index contributed by atoms with van der Waals surface area (Å²) in [5.41, 5.74) is 9.88. The van der Waals surface area contributed by atoms with Crippen LogP contribution in [0.2, 0.25) is 0 Å². The van der Waals surface area contributed by atoms with E-state index in [2.05, 4.69) is 52.1 Å². The van der Waals surface area contributed by atoms with Crippen LogP contribution in [0.3, 0.4) is 0 Å². The highest BCUT2D eigenvalue weighted by atomic mass is 15.1. The van der Waals surface area contributed by atoms with Gasteiger partial charge in [-0.15, -0.1) is 0 Å². The topological polar surface area (TPSA) is 73.3 Å². The van der Waals surface area contributed by atoms with E-state index in [1.165, 1.54) is 0 Å². The molecule has 0 aliphatic rings. The Labute approximate surface area is 233 Å². The van der Waals surface area contributed by atoms with E-state index in [0.29, 0.717) is 0 Å². The Morgan fingerprint density at radius 3 is 1.34 bits per heavy atom. The lowest BCUT2D eigenvalue weighted by atomic mass is 10.1. The average molecular weight is 528 g/mol. The summed E-state index contributed by atoms with van der Waals surface area (Å²) in [5, 5.41) is 2.01. The molecule has 4 aromatic carbocycles. The number of aryl methyl sites for hydroxylation is 1. The standard InChI is InChI=1S/C34H21N7/c1-20-18-27(33-36-23-12-4-2-10-21(23)31-38-25-14-6-8-16-29(25)40(31)33)35-28(19-20)34-37-24-13-5-3-11-22(24)32-39-26-15-7-9-17-30(26)41(32)34/h2-19H,1H3. The Bertz CT molecular complexity index is 2330. The molecule has 0 unspecified atom stereocenters. The molecule has 0 saturated carbocycles. The van der Waals surface area contributed by atoms with Gasteiger partial charge in [0.15, 0.2) is 11.6 Å². The minimum atomic E-state index is 0.741. The largest absolute Gasteiger partial charge is 0.274 e. The molecule has 9 rings (SSSR count). The maximum absolute atomic E-state index is 5.24. The number of hydrogen-bond acceptors (Lipinski definition) is 5. The first-order valence-corrected chi connectivity index (χ1v) is 13.5. The molecular formula is C34H21N7. The Balaban J connectivity index is 1.39. The minimum absolute atomic E-state index is 0.741. The zero-order valence-corrected chi connectivity index (χ0v) is 22.0. The van der Waals surface area contributed by atoms with Crippen LogP contribution < -0.4 is 0 Å². The average Bonchev–Trinajstić information content (AvgIpc) is 3.60. The minimum Gasteiger partial charge on any atom is -0.274 e. The van der Waals surface area contributed by atoms with Gasteiger partial charge in [0, 0.05) is 10.8 Å². The van der Waals surface area contributed by atoms with Gasteiger partial charge in [-0.05, 0) is 73.2 Å². The molecule has 9 aromatic rings. The molecule has 41 heavy (non-hydrogen) atoms. The molecule has 0 aliphatic heterocycles. The molecule has 7 nitrogen and oxygen atoms in total. The second kappa shape index (κ2) is 8.16. The van der Waals surface area contributed by atoms with Gasteiger partial charge in [0.05, 0.1) is 33.1 Å². The highest BCUT2D eigenvalue weighted by molar-refractivity contribution is 5.99. The van der Waals surface area contributed by atoms with Crippen molar-refractivity contribution in [3.8, 4) is 23.0 Å². The van der Waals surface area contributed by atoms with Gasteiger partial charge in [0.1, 0.15) is 22.7 Å². The normalized spacial score (nSPS) is 12.0. The predicted molar refractivity (Wildman–Crippen MR) is 163 cm³/mol. The molecule has 5 heterocycles. The van der Waals surface area contributed by atoms with Crippen molar-refractivity contribution in [3.05, 3.63) is 115 Å². The van der Waals surface area contributed by atoms with Crippen molar-refractivity contribution >= 4 is 55.2 Å². The Morgan fingerprint density at radius 2 is 0.854 bits per heavy atom. The van der Waals surface area contributed by atoms with E-state index in [9.17, 15) is 0 Å². The third-order valence-electron chi connectivity index (χ3n) is 7.72. The quantitative estimate of drug-likeness (QED) is 0.234. The Hall–Kier alpha value is -5.69. The lowest BCUT2D eigenvalue weighted by molar-refractivity contribution is 1.09. The monoisotopic (exact) mass is 527 g/mol. The van der Waals surface area contributed by atoms with Crippen LogP contribution >= 0.6 is 0 Å². The van der Waals surface area contributed by atoms with E-state index in [4.69, 9.17) is 24.9 Å². The fraction of sp³-hybridized carbons (Fsp3) is 0.0294. The second-order valence-corrected chi connectivity index (χ2v) is 10.3. The summed E-state index contributed by atoms with van der Waals surface area (Å²) in [5.74, 6) is 1.48. The molecule has 0 bridgehead atoms. The maximum atomic E-state index is 5.24. The summed E-state index contributed by atoms with van der Waals surface area (Å²) in [7, 11) is 0. The fourth-order valence-corrected chi connectivity index (χ4v) is 5.93. The van der Waals surface area contributed by atoms with Crippen molar-refractivity contribution in [1.82, 2.24) is 33.7 Å².